The summed E-state index contributed by atoms with van der Waals surface area (Å²) in [6.45, 7) is 0. The summed E-state index contributed by atoms with van der Waals surface area (Å²) in [5, 5.41) is 17.6. The van der Waals surface area contributed by atoms with Gasteiger partial charge in [0.15, 0.2) is 0 Å². The maximum Gasteiger partial charge on any atom is 0.335 e. The van der Waals surface area contributed by atoms with Crippen LogP contribution < -0.4 is 0 Å². The number of aromatic carboxylic acids is 2. The highest BCUT2D eigenvalue weighted by atomic mass is 16.4. The Balaban J connectivity index is 0.000000201. The molecule has 0 aliphatic heterocycles. The van der Waals surface area contributed by atoms with E-state index in [1.165, 1.54) is 11.1 Å². The van der Waals surface area contributed by atoms with Gasteiger partial charge in [0.25, 0.3) is 0 Å². The van der Waals surface area contributed by atoms with E-state index in [9.17, 15) is 9.59 Å². The Morgan fingerprint density at radius 1 is 0.500 bits per heavy atom. The molecule has 2 N–H and O–H groups in total. The van der Waals surface area contributed by atoms with E-state index >= 15 is 0 Å². The zero-order chi connectivity index (χ0) is 25.6. The molecule has 0 heterocycles. The van der Waals surface area contributed by atoms with Crippen LogP contribution in [-0.4, -0.2) is 22.2 Å². The highest BCUT2D eigenvalue weighted by Crippen LogP contribution is 2.09. The molecule has 180 valence electrons. The van der Waals surface area contributed by atoms with Crippen molar-refractivity contribution >= 4 is 24.1 Å². The third kappa shape index (κ3) is 8.92. The predicted molar refractivity (Wildman–Crippen MR) is 145 cm³/mol. The maximum absolute atomic E-state index is 10.7. The molecule has 0 aliphatic carbocycles. The van der Waals surface area contributed by atoms with E-state index in [-0.39, 0.29) is 0 Å². The first-order valence-corrected chi connectivity index (χ1v) is 11.6. The van der Waals surface area contributed by atoms with E-state index in [0.29, 0.717) is 11.1 Å². The van der Waals surface area contributed by atoms with Gasteiger partial charge < -0.3 is 10.2 Å². The smallest absolute Gasteiger partial charge is 0.335 e. The molecule has 4 heteroatoms. The highest BCUT2D eigenvalue weighted by Gasteiger charge is 2.01. The van der Waals surface area contributed by atoms with E-state index in [2.05, 4.69) is 30.4 Å². The molecule has 36 heavy (non-hydrogen) atoms. The summed E-state index contributed by atoms with van der Waals surface area (Å²) < 4.78 is 0. The molecule has 0 atom stereocenters. The molecule has 0 unspecified atom stereocenters. The Kier molecular flexibility index (Phi) is 9.99. The third-order valence-corrected chi connectivity index (χ3v) is 5.33. The topological polar surface area (TPSA) is 74.6 Å². The molecule has 4 nitrogen and oxygen atoms in total. The highest BCUT2D eigenvalue weighted by molar-refractivity contribution is 5.88. The minimum Gasteiger partial charge on any atom is -0.478 e. The van der Waals surface area contributed by atoms with Gasteiger partial charge in [0.05, 0.1) is 11.1 Å². The van der Waals surface area contributed by atoms with Crippen LogP contribution in [0.4, 0.5) is 0 Å². The second-order valence-electron chi connectivity index (χ2n) is 8.04. The number of hydrogen-bond acceptors (Lipinski definition) is 2. The molecule has 0 aromatic heterocycles. The van der Waals surface area contributed by atoms with Crippen LogP contribution in [0.1, 0.15) is 43.0 Å². The average molecular weight is 477 g/mol. The Morgan fingerprint density at radius 2 is 0.889 bits per heavy atom. The van der Waals surface area contributed by atoms with Gasteiger partial charge in [-0.25, -0.2) is 9.59 Å². The average Bonchev–Trinajstić information content (AvgIpc) is 2.91. The minimum atomic E-state index is -0.894. The van der Waals surface area contributed by atoms with Crippen molar-refractivity contribution in [3.63, 3.8) is 0 Å². The number of carbonyl (C=O) groups is 2. The van der Waals surface area contributed by atoms with Gasteiger partial charge in [-0.05, 0) is 59.4 Å². The van der Waals surface area contributed by atoms with E-state index in [1.807, 2.05) is 78.9 Å². The summed E-state index contributed by atoms with van der Waals surface area (Å²) in [5.74, 6) is -1.78. The zero-order valence-corrected chi connectivity index (χ0v) is 19.8. The number of carboxylic acid groups (broad SMARTS) is 2. The molecule has 4 rings (SSSR count). The van der Waals surface area contributed by atoms with Gasteiger partial charge in [0, 0.05) is 0 Å². The summed E-state index contributed by atoms with van der Waals surface area (Å²) in [6, 6.07) is 34.1. The minimum absolute atomic E-state index is 0.315. The number of allylic oxidation sites excluding steroid dienone is 2. The molecule has 0 amide bonds. The molecule has 0 saturated carbocycles. The Bertz CT molecular complexity index is 1290. The van der Waals surface area contributed by atoms with Crippen molar-refractivity contribution in [2.75, 3.05) is 0 Å². The van der Waals surface area contributed by atoms with E-state index < -0.39 is 11.9 Å². The standard InChI is InChI=1S/2C16H14O2/c2*17-16(18)15-11-9-14(10-12-15)8-4-7-13-5-2-1-3-6-13/h1-6,8-12H,7H2,(H,17,18);1-7,9-12H,8H2,(H,17,18). The largest absolute Gasteiger partial charge is 0.478 e. The lowest BCUT2D eigenvalue weighted by Gasteiger charge is -1.98. The molecule has 0 aliphatic rings. The first kappa shape index (κ1) is 25.9. The van der Waals surface area contributed by atoms with Gasteiger partial charge in [0.1, 0.15) is 0 Å². The predicted octanol–water partition coefficient (Wildman–Crippen LogP) is 7.28. The van der Waals surface area contributed by atoms with E-state index in [0.717, 1.165) is 24.0 Å². The number of rotatable bonds is 8. The van der Waals surface area contributed by atoms with Crippen LogP contribution in [0.25, 0.3) is 12.2 Å². The second kappa shape index (κ2) is 13.9. The quantitative estimate of drug-likeness (QED) is 0.280. The monoisotopic (exact) mass is 476 g/mol. The Hall–Kier alpha value is -4.70. The molecule has 0 saturated heterocycles. The van der Waals surface area contributed by atoms with Gasteiger partial charge in [-0.15, -0.1) is 0 Å². The normalized spacial score (nSPS) is 10.7. The fraction of sp³-hybridized carbons (Fsp3) is 0.0625. The summed E-state index contributed by atoms with van der Waals surface area (Å²) in [7, 11) is 0. The molecule has 0 radical (unpaired) electrons. The van der Waals surface area contributed by atoms with Crippen molar-refractivity contribution in [1.29, 1.82) is 0 Å². The van der Waals surface area contributed by atoms with Gasteiger partial charge in [0.2, 0.25) is 0 Å². The molecule has 4 aromatic carbocycles. The van der Waals surface area contributed by atoms with Gasteiger partial charge in [-0.1, -0.05) is 109 Å². The lowest BCUT2D eigenvalue weighted by atomic mass is 10.1. The fourth-order valence-corrected chi connectivity index (χ4v) is 3.36. The van der Waals surface area contributed by atoms with Gasteiger partial charge in [-0.2, -0.15) is 0 Å². The second-order valence-corrected chi connectivity index (χ2v) is 8.04. The SMILES string of the molecule is O=C(O)c1ccc(C=CCc2ccccc2)cc1.O=C(O)c1ccc(CC=Cc2ccccc2)cc1. The Labute approximate surface area is 211 Å². The van der Waals surface area contributed by atoms with E-state index in [1.54, 1.807) is 24.3 Å². The van der Waals surface area contributed by atoms with Crippen LogP contribution >= 0.6 is 0 Å². The molecule has 0 fully saturated rings. The lowest BCUT2D eigenvalue weighted by molar-refractivity contribution is 0.0686. The van der Waals surface area contributed by atoms with Crippen molar-refractivity contribution in [1.82, 2.24) is 0 Å². The lowest BCUT2D eigenvalue weighted by Crippen LogP contribution is -1.95. The first-order chi connectivity index (χ1) is 17.5. The Morgan fingerprint density at radius 3 is 1.36 bits per heavy atom. The number of carboxylic acids is 2. The van der Waals surface area contributed by atoms with Crippen LogP contribution in [0.15, 0.2) is 121 Å². The van der Waals surface area contributed by atoms with E-state index in [4.69, 9.17) is 10.2 Å². The van der Waals surface area contributed by atoms with Crippen molar-refractivity contribution in [3.8, 4) is 0 Å². The zero-order valence-electron chi connectivity index (χ0n) is 19.8. The number of hydrogen-bond donors (Lipinski definition) is 2. The van der Waals surface area contributed by atoms with Gasteiger partial charge in [-0.3, -0.25) is 0 Å². The maximum atomic E-state index is 10.7. The number of benzene rings is 4. The third-order valence-electron chi connectivity index (χ3n) is 5.33. The van der Waals surface area contributed by atoms with Crippen LogP contribution in [0.3, 0.4) is 0 Å². The molecule has 4 aromatic rings. The molecular weight excluding hydrogens is 448 g/mol. The van der Waals surface area contributed by atoms with Crippen LogP contribution in [0, 0.1) is 0 Å². The fourth-order valence-electron chi connectivity index (χ4n) is 3.36. The van der Waals surface area contributed by atoms with Crippen LogP contribution in [-0.2, 0) is 12.8 Å². The first-order valence-electron chi connectivity index (χ1n) is 11.6. The van der Waals surface area contributed by atoms with Crippen molar-refractivity contribution < 1.29 is 19.8 Å². The summed E-state index contributed by atoms with van der Waals surface area (Å²) >= 11 is 0. The summed E-state index contributed by atoms with van der Waals surface area (Å²) in [5.41, 5.74) is 5.18. The molecule has 0 bridgehead atoms. The van der Waals surface area contributed by atoms with Crippen LogP contribution in [0.2, 0.25) is 0 Å². The van der Waals surface area contributed by atoms with Crippen molar-refractivity contribution in [2.24, 2.45) is 0 Å². The van der Waals surface area contributed by atoms with Crippen molar-refractivity contribution in [2.45, 2.75) is 12.8 Å². The van der Waals surface area contributed by atoms with Gasteiger partial charge >= 0.3 is 11.9 Å². The summed E-state index contributed by atoms with van der Waals surface area (Å²) in [4.78, 5) is 21.4. The van der Waals surface area contributed by atoms with Crippen LogP contribution in [0.5, 0.6) is 0 Å². The summed E-state index contributed by atoms with van der Waals surface area (Å²) in [6.07, 6.45) is 9.89. The molecular formula is C32H28O4. The molecule has 0 spiro atoms. The van der Waals surface area contributed by atoms with Crippen molar-refractivity contribution in [3.05, 3.63) is 155 Å².